The van der Waals surface area contributed by atoms with Crippen LogP contribution in [0.1, 0.15) is 25.8 Å². The number of hydrogen-bond donors (Lipinski definition) is 2. The Morgan fingerprint density at radius 1 is 1.22 bits per heavy atom. The maximum atomic E-state index is 12.6. The molecule has 23 heavy (non-hydrogen) atoms. The molecule has 2 N–H and O–H groups in total. The van der Waals surface area contributed by atoms with Crippen molar-refractivity contribution < 1.29 is 4.79 Å². The van der Waals surface area contributed by atoms with Gasteiger partial charge < -0.3 is 15.2 Å². The molecule has 0 spiro atoms. The summed E-state index contributed by atoms with van der Waals surface area (Å²) in [5.74, 6) is 0.251. The molecule has 6 heteroatoms. The standard InChI is InChI=1S/C17H22N4O2/c1-17(10-18-11-17)15(22)20-8-6-12(7-9-20)21-14-5-3-2-4-13(14)19-16(21)23/h2-5,12,18H,6-11H2,1H3,(H,19,23). The van der Waals surface area contributed by atoms with E-state index in [2.05, 4.69) is 10.3 Å². The lowest BCUT2D eigenvalue weighted by atomic mass is 9.82. The summed E-state index contributed by atoms with van der Waals surface area (Å²) in [4.78, 5) is 29.8. The molecule has 6 nitrogen and oxygen atoms in total. The second kappa shape index (κ2) is 5.23. The van der Waals surface area contributed by atoms with Crippen LogP contribution < -0.4 is 11.0 Å². The molecular weight excluding hydrogens is 292 g/mol. The van der Waals surface area contributed by atoms with E-state index in [4.69, 9.17) is 0 Å². The molecule has 122 valence electrons. The number of rotatable bonds is 2. The quantitative estimate of drug-likeness (QED) is 0.872. The number of nitrogens with one attached hydrogen (secondary N) is 2. The second-order valence-electron chi connectivity index (χ2n) is 7.00. The Balaban J connectivity index is 1.52. The van der Waals surface area contributed by atoms with Crippen molar-refractivity contribution in [2.24, 2.45) is 5.41 Å². The van der Waals surface area contributed by atoms with Crippen molar-refractivity contribution in [1.82, 2.24) is 19.8 Å². The van der Waals surface area contributed by atoms with Gasteiger partial charge in [-0.25, -0.2) is 4.79 Å². The Hall–Kier alpha value is -2.08. The summed E-state index contributed by atoms with van der Waals surface area (Å²) in [5, 5.41) is 3.18. The number of benzene rings is 1. The van der Waals surface area contributed by atoms with Crippen molar-refractivity contribution in [2.75, 3.05) is 26.2 Å². The molecule has 3 heterocycles. The molecule has 0 aliphatic carbocycles. The SMILES string of the molecule is CC1(C(=O)N2CCC(n3c(=O)[nH]c4ccccc43)CC2)CNC1. The molecule has 0 bridgehead atoms. The molecule has 1 aromatic heterocycles. The molecule has 1 aromatic carbocycles. The lowest BCUT2D eigenvalue weighted by Crippen LogP contribution is -2.61. The third-order valence-corrected chi connectivity index (χ3v) is 5.29. The Labute approximate surface area is 134 Å². The van der Waals surface area contributed by atoms with Crippen LogP contribution in [-0.4, -0.2) is 46.5 Å². The molecule has 2 aliphatic heterocycles. The summed E-state index contributed by atoms with van der Waals surface area (Å²) in [5.41, 5.74) is 1.55. The molecule has 2 saturated heterocycles. The highest BCUT2D eigenvalue weighted by atomic mass is 16.2. The van der Waals surface area contributed by atoms with Gasteiger partial charge in [-0.05, 0) is 31.9 Å². The number of H-pyrrole nitrogens is 1. The number of piperidine rings is 1. The summed E-state index contributed by atoms with van der Waals surface area (Å²) in [7, 11) is 0. The van der Waals surface area contributed by atoms with E-state index in [1.165, 1.54) is 0 Å². The van der Waals surface area contributed by atoms with E-state index in [0.717, 1.165) is 50.1 Å². The first kappa shape index (κ1) is 14.5. The van der Waals surface area contributed by atoms with Crippen LogP contribution in [0, 0.1) is 5.41 Å². The first-order valence-corrected chi connectivity index (χ1v) is 8.28. The Kier molecular flexibility index (Phi) is 3.30. The van der Waals surface area contributed by atoms with Crippen LogP contribution in [0.4, 0.5) is 0 Å². The zero-order valence-electron chi connectivity index (χ0n) is 13.3. The minimum atomic E-state index is -0.232. The smallest absolute Gasteiger partial charge is 0.326 e. The minimum Gasteiger partial charge on any atom is -0.342 e. The van der Waals surface area contributed by atoms with Crippen molar-refractivity contribution in [3.63, 3.8) is 0 Å². The van der Waals surface area contributed by atoms with Gasteiger partial charge in [-0.15, -0.1) is 0 Å². The van der Waals surface area contributed by atoms with Gasteiger partial charge in [0, 0.05) is 32.2 Å². The van der Waals surface area contributed by atoms with Gasteiger partial charge in [0.25, 0.3) is 0 Å². The average molecular weight is 314 g/mol. The summed E-state index contributed by atoms with van der Waals surface area (Å²) in [6, 6.07) is 7.95. The highest BCUT2D eigenvalue weighted by Gasteiger charge is 2.42. The number of carbonyl (C=O) groups excluding carboxylic acids is 1. The van der Waals surface area contributed by atoms with E-state index in [0.29, 0.717) is 0 Å². The molecule has 2 aliphatic rings. The lowest BCUT2D eigenvalue weighted by Gasteiger charge is -2.43. The predicted octanol–water partition coefficient (Wildman–Crippen LogP) is 1.10. The number of hydrogen-bond acceptors (Lipinski definition) is 3. The van der Waals surface area contributed by atoms with Crippen molar-refractivity contribution in [2.45, 2.75) is 25.8 Å². The topological polar surface area (TPSA) is 70.1 Å². The molecule has 4 rings (SSSR count). The highest BCUT2D eigenvalue weighted by molar-refractivity contribution is 5.84. The largest absolute Gasteiger partial charge is 0.342 e. The molecule has 0 unspecified atom stereocenters. The number of imidazole rings is 1. The zero-order valence-corrected chi connectivity index (χ0v) is 13.3. The molecule has 0 radical (unpaired) electrons. The molecule has 2 fully saturated rings. The minimum absolute atomic E-state index is 0.0499. The van der Waals surface area contributed by atoms with Gasteiger partial charge in [-0.3, -0.25) is 9.36 Å². The van der Waals surface area contributed by atoms with E-state index in [9.17, 15) is 9.59 Å². The fourth-order valence-electron chi connectivity index (χ4n) is 3.80. The number of nitrogens with zero attached hydrogens (tertiary/aromatic N) is 2. The Morgan fingerprint density at radius 2 is 1.91 bits per heavy atom. The van der Waals surface area contributed by atoms with E-state index in [1.807, 2.05) is 40.7 Å². The summed E-state index contributed by atoms with van der Waals surface area (Å²) in [6.45, 7) is 5.03. The third kappa shape index (κ3) is 2.28. The van der Waals surface area contributed by atoms with Crippen LogP contribution in [0.15, 0.2) is 29.1 Å². The van der Waals surface area contributed by atoms with Crippen LogP contribution in [-0.2, 0) is 4.79 Å². The normalized spacial score (nSPS) is 21.3. The fourth-order valence-corrected chi connectivity index (χ4v) is 3.80. The van der Waals surface area contributed by atoms with Crippen molar-refractivity contribution in [1.29, 1.82) is 0 Å². The summed E-state index contributed by atoms with van der Waals surface area (Å²) >= 11 is 0. The molecular formula is C17H22N4O2. The van der Waals surface area contributed by atoms with Gasteiger partial charge in [-0.1, -0.05) is 12.1 Å². The Bertz CT molecular complexity index is 794. The summed E-state index contributed by atoms with van der Waals surface area (Å²) in [6.07, 6.45) is 1.66. The third-order valence-electron chi connectivity index (χ3n) is 5.29. The maximum absolute atomic E-state index is 12.6. The van der Waals surface area contributed by atoms with Crippen LogP contribution in [0.3, 0.4) is 0 Å². The Morgan fingerprint density at radius 3 is 2.57 bits per heavy atom. The van der Waals surface area contributed by atoms with E-state index < -0.39 is 0 Å². The van der Waals surface area contributed by atoms with Gasteiger partial charge in [0.1, 0.15) is 0 Å². The van der Waals surface area contributed by atoms with Crippen molar-refractivity contribution >= 4 is 16.9 Å². The first-order chi connectivity index (χ1) is 11.1. The summed E-state index contributed by atoms with van der Waals surface area (Å²) < 4.78 is 1.86. The number of likely N-dealkylation sites (tertiary alicyclic amines) is 1. The van der Waals surface area contributed by atoms with Crippen LogP contribution >= 0.6 is 0 Å². The number of carbonyl (C=O) groups is 1. The van der Waals surface area contributed by atoms with Gasteiger partial charge >= 0.3 is 5.69 Å². The molecule has 0 atom stereocenters. The highest BCUT2D eigenvalue weighted by Crippen LogP contribution is 2.29. The lowest BCUT2D eigenvalue weighted by molar-refractivity contribution is -0.145. The number of amides is 1. The number of aromatic nitrogens is 2. The second-order valence-corrected chi connectivity index (χ2v) is 7.00. The van der Waals surface area contributed by atoms with E-state index >= 15 is 0 Å². The maximum Gasteiger partial charge on any atom is 0.326 e. The van der Waals surface area contributed by atoms with Gasteiger partial charge in [0.05, 0.1) is 16.4 Å². The van der Waals surface area contributed by atoms with Crippen LogP contribution in [0.25, 0.3) is 11.0 Å². The van der Waals surface area contributed by atoms with Crippen molar-refractivity contribution in [3.8, 4) is 0 Å². The molecule has 2 aromatic rings. The van der Waals surface area contributed by atoms with E-state index in [1.54, 1.807) is 0 Å². The van der Waals surface area contributed by atoms with Crippen LogP contribution in [0.2, 0.25) is 0 Å². The number of fused-ring (bicyclic) bond motifs is 1. The fraction of sp³-hybridized carbons (Fsp3) is 0.529. The van der Waals surface area contributed by atoms with Gasteiger partial charge in [-0.2, -0.15) is 0 Å². The van der Waals surface area contributed by atoms with Gasteiger partial charge in [0.15, 0.2) is 0 Å². The predicted molar refractivity (Wildman–Crippen MR) is 88.4 cm³/mol. The van der Waals surface area contributed by atoms with Crippen LogP contribution in [0.5, 0.6) is 0 Å². The number of para-hydroxylation sites is 2. The number of aromatic amines is 1. The monoisotopic (exact) mass is 314 g/mol. The molecule has 0 saturated carbocycles. The van der Waals surface area contributed by atoms with E-state index in [-0.39, 0.29) is 23.1 Å². The van der Waals surface area contributed by atoms with Gasteiger partial charge in [0.2, 0.25) is 5.91 Å². The first-order valence-electron chi connectivity index (χ1n) is 8.28. The molecule has 1 amide bonds. The average Bonchev–Trinajstić information content (AvgIpc) is 2.88. The zero-order chi connectivity index (χ0) is 16.0. The van der Waals surface area contributed by atoms with Crippen molar-refractivity contribution in [3.05, 3.63) is 34.7 Å².